The summed E-state index contributed by atoms with van der Waals surface area (Å²) in [6.07, 6.45) is 0.129. The predicted octanol–water partition coefficient (Wildman–Crippen LogP) is 4.99. The number of carbonyl (C=O) groups excluding carboxylic acids is 2. The van der Waals surface area contributed by atoms with Crippen molar-refractivity contribution in [3.63, 3.8) is 0 Å². The molecule has 4 rings (SSSR count). The van der Waals surface area contributed by atoms with E-state index in [1.807, 2.05) is 16.8 Å². The largest absolute Gasteiger partial charge is 0.323 e. The average Bonchev–Trinajstić information content (AvgIpc) is 3.03. The zero-order chi connectivity index (χ0) is 19.5. The van der Waals surface area contributed by atoms with E-state index in [4.69, 9.17) is 0 Å². The van der Waals surface area contributed by atoms with Crippen LogP contribution in [0.4, 0.5) is 31.9 Å². The molecule has 2 aromatic carbocycles. The number of anilines is 3. The molecule has 28 heavy (non-hydrogen) atoms. The smallest absolute Gasteiger partial charge is 0.323 e. The first kappa shape index (κ1) is 17.9. The lowest BCUT2D eigenvalue weighted by atomic mass is 10.1. The molecule has 140 valence electrons. The Hall–Kier alpha value is -3.52. The monoisotopic (exact) mass is 394 g/mol. The first-order valence-corrected chi connectivity index (χ1v) is 9.39. The van der Waals surface area contributed by atoms with Crippen LogP contribution in [0.1, 0.15) is 12.0 Å². The van der Waals surface area contributed by atoms with Crippen LogP contribution in [0.25, 0.3) is 0 Å². The molecule has 3 aromatic rings. The van der Waals surface area contributed by atoms with Crippen LogP contribution < -0.4 is 16.0 Å². The average molecular weight is 394 g/mol. The van der Waals surface area contributed by atoms with E-state index in [1.165, 1.54) is 23.5 Å². The summed E-state index contributed by atoms with van der Waals surface area (Å²) in [6, 6.07) is 12.4. The van der Waals surface area contributed by atoms with E-state index in [-0.39, 0.29) is 18.0 Å². The Morgan fingerprint density at radius 1 is 1.11 bits per heavy atom. The molecule has 0 aliphatic carbocycles. The molecule has 0 saturated heterocycles. The van der Waals surface area contributed by atoms with Crippen LogP contribution in [0.3, 0.4) is 0 Å². The summed E-state index contributed by atoms with van der Waals surface area (Å²) in [5.41, 5.74) is 3.32. The van der Waals surface area contributed by atoms with E-state index in [1.54, 1.807) is 30.3 Å². The number of benzene rings is 2. The number of carbonyl (C=O) groups is 2. The predicted molar refractivity (Wildman–Crippen MR) is 109 cm³/mol. The number of hydrogen-bond acceptors (Lipinski definition) is 4. The van der Waals surface area contributed by atoms with E-state index in [0.29, 0.717) is 22.8 Å². The lowest BCUT2D eigenvalue weighted by molar-refractivity contribution is -0.115. The minimum Gasteiger partial charge on any atom is -0.323 e. The van der Waals surface area contributed by atoms with Gasteiger partial charge in [0.1, 0.15) is 5.82 Å². The summed E-state index contributed by atoms with van der Waals surface area (Å²) in [7, 11) is 0. The molecule has 0 saturated carbocycles. The molecule has 3 amide bonds. The van der Waals surface area contributed by atoms with Crippen molar-refractivity contribution >= 4 is 51.7 Å². The van der Waals surface area contributed by atoms with Crippen molar-refractivity contribution in [2.75, 3.05) is 16.0 Å². The number of aliphatic imine (C=N–C) groups is 1. The van der Waals surface area contributed by atoms with Gasteiger partial charge in [-0.15, -0.1) is 11.3 Å². The highest BCUT2D eigenvalue weighted by Crippen LogP contribution is 2.32. The number of urea groups is 1. The van der Waals surface area contributed by atoms with Gasteiger partial charge in [0.25, 0.3) is 0 Å². The Bertz CT molecular complexity index is 1090. The van der Waals surface area contributed by atoms with E-state index >= 15 is 0 Å². The van der Waals surface area contributed by atoms with Crippen molar-refractivity contribution in [2.24, 2.45) is 4.99 Å². The number of amides is 3. The van der Waals surface area contributed by atoms with Crippen LogP contribution in [0.15, 0.2) is 64.3 Å². The third-order valence-corrected chi connectivity index (χ3v) is 4.81. The van der Waals surface area contributed by atoms with Gasteiger partial charge in [0.2, 0.25) is 5.91 Å². The van der Waals surface area contributed by atoms with Crippen LogP contribution in [0, 0.1) is 5.82 Å². The van der Waals surface area contributed by atoms with E-state index in [2.05, 4.69) is 20.9 Å². The number of nitrogens with zero attached hydrogens (tertiary/aromatic N) is 1. The van der Waals surface area contributed by atoms with Crippen molar-refractivity contribution in [2.45, 2.75) is 6.42 Å². The zero-order valence-corrected chi connectivity index (χ0v) is 15.3. The van der Waals surface area contributed by atoms with Crippen molar-refractivity contribution < 1.29 is 14.0 Å². The van der Waals surface area contributed by atoms with Crippen LogP contribution in [0.2, 0.25) is 0 Å². The van der Waals surface area contributed by atoms with Crippen molar-refractivity contribution in [1.82, 2.24) is 0 Å². The van der Waals surface area contributed by atoms with Gasteiger partial charge in [-0.3, -0.25) is 4.79 Å². The first-order valence-electron chi connectivity index (χ1n) is 8.45. The van der Waals surface area contributed by atoms with E-state index < -0.39 is 11.8 Å². The molecule has 1 aromatic heterocycles. The van der Waals surface area contributed by atoms with Crippen LogP contribution in [-0.4, -0.2) is 17.6 Å². The minimum atomic E-state index is -0.567. The van der Waals surface area contributed by atoms with Gasteiger partial charge in [-0.05, 0) is 29.8 Å². The molecular formula is C20H15FN4O2S. The summed E-state index contributed by atoms with van der Waals surface area (Å²) in [5.74, 6) is -0.664. The highest BCUT2D eigenvalue weighted by molar-refractivity contribution is 7.09. The number of halogens is 1. The molecule has 2 heterocycles. The van der Waals surface area contributed by atoms with E-state index in [0.717, 1.165) is 5.56 Å². The lowest BCUT2D eigenvalue weighted by Crippen LogP contribution is -2.20. The number of para-hydroxylation sites is 1. The number of thiophene rings is 1. The number of fused-ring (bicyclic) bond motifs is 1. The van der Waals surface area contributed by atoms with Crippen LogP contribution >= 0.6 is 11.3 Å². The standard InChI is InChI=1S/C20H15FN4O2S/c21-14-6-1-2-7-15(14)25-20(27)22-13-5-3-4-12(8-13)16-9-19(26)24-18-11-28-10-17(18)23-16/h1-8,10-11H,9H2,(H,24,26)(H2,22,25,27). The second-order valence-corrected chi connectivity index (χ2v) is 6.84. The van der Waals surface area contributed by atoms with Crippen LogP contribution in [0.5, 0.6) is 0 Å². The van der Waals surface area contributed by atoms with Gasteiger partial charge in [-0.25, -0.2) is 14.2 Å². The van der Waals surface area contributed by atoms with Gasteiger partial charge in [0.15, 0.2) is 0 Å². The van der Waals surface area contributed by atoms with Crippen molar-refractivity contribution in [3.05, 3.63) is 70.7 Å². The molecule has 3 N–H and O–H groups in total. The molecular weight excluding hydrogens is 379 g/mol. The molecule has 6 nitrogen and oxygen atoms in total. The molecule has 0 unspecified atom stereocenters. The van der Waals surface area contributed by atoms with E-state index in [9.17, 15) is 14.0 Å². The topological polar surface area (TPSA) is 82.6 Å². The molecule has 8 heteroatoms. The Kier molecular flexibility index (Phi) is 4.86. The fourth-order valence-electron chi connectivity index (χ4n) is 2.79. The number of rotatable bonds is 3. The summed E-state index contributed by atoms with van der Waals surface area (Å²) in [6.45, 7) is 0. The first-order chi connectivity index (χ1) is 13.6. The van der Waals surface area contributed by atoms with Gasteiger partial charge < -0.3 is 16.0 Å². The Morgan fingerprint density at radius 2 is 1.96 bits per heavy atom. The molecule has 1 aliphatic heterocycles. The Morgan fingerprint density at radius 3 is 2.82 bits per heavy atom. The maximum atomic E-state index is 13.7. The van der Waals surface area contributed by atoms with Crippen molar-refractivity contribution in [1.29, 1.82) is 0 Å². The van der Waals surface area contributed by atoms with Gasteiger partial charge in [-0.1, -0.05) is 24.3 Å². The quantitative estimate of drug-likeness (QED) is 0.585. The third kappa shape index (κ3) is 3.91. The fourth-order valence-corrected chi connectivity index (χ4v) is 3.48. The molecule has 1 aliphatic rings. The zero-order valence-electron chi connectivity index (χ0n) is 14.5. The highest BCUT2D eigenvalue weighted by Gasteiger charge is 2.18. The molecule has 0 bridgehead atoms. The van der Waals surface area contributed by atoms with Gasteiger partial charge >= 0.3 is 6.03 Å². The fraction of sp³-hybridized carbons (Fsp3) is 0.0500. The molecule has 0 radical (unpaired) electrons. The minimum absolute atomic E-state index is 0.0888. The van der Waals surface area contributed by atoms with Gasteiger partial charge in [0, 0.05) is 16.4 Å². The second-order valence-electron chi connectivity index (χ2n) is 6.09. The molecule has 0 spiro atoms. The Labute approximate surface area is 164 Å². The normalized spacial score (nSPS) is 13.0. The highest BCUT2D eigenvalue weighted by atomic mass is 32.1. The summed E-state index contributed by atoms with van der Waals surface area (Å²) < 4.78 is 13.7. The molecule has 0 fully saturated rings. The SMILES string of the molecule is O=C1CC(c2cccc(NC(=O)Nc3ccccc3F)c2)=Nc2cscc2N1. The van der Waals surface area contributed by atoms with Gasteiger partial charge in [-0.2, -0.15) is 0 Å². The Balaban J connectivity index is 1.54. The molecule has 0 atom stereocenters. The lowest BCUT2D eigenvalue weighted by Gasteiger charge is -2.10. The second kappa shape index (κ2) is 7.61. The van der Waals surface area contributed by atoms with Crippen molar-refractivity contribution in [3.8, 4) is 0 Å². The summed E-state index contributed by atoms with van der Waals surface area (Å²) in [5, 5.41) is 11.7. The number of nitrogens with one attached hydrogen (secondary N) is 3. The van der Waals surface area contributed by atoms with Crippen LogP contribution in [-0.2, 0) is 4.79 Å². The third-order valence-electron chi connectivity index (χ3n) is 4.07. The summed E-state index contributed by atoms with van der Waals surface area (Å²) in [4.78, 5) is 28.9. The maximum Gasteiger partial charge on any atom is 0.323 e. The maximum absolute atomic E-state index is 13.7. The number of hydrogen-bond donors (Lipinski definition) is 3. The summed E-state index contributed by atoms with van der Waals surface area (Å²) >= 11 is 1.46. The van der Waals surface area contributed by atoms with Gasteiger partial charge in [0.05, 0.1) is 29.2 Å².